The van der Waals surface area contributed by atoms with Crippen LogP contribution < -0.4 is 5.32 Å². The van der Waals surface area contributed by atoms with Crippen molar-refractivity contribution in [2.45, 2.75) is 12.2 Å². The first-order valence-corrected chi connectivity index (χ1v) is 5.57. The number of carboxylic acid groups (broad SMARTS) is 1. The van der Waals surface area contributed by atoms with Gasteiger partial charge in [-0.3, -0.25) is 9.59 Å². The summed E-state index contributed by atoms with van der Waals surface area (Å²) in [5.41, 5.74) is 0. The molecule has 0 aromatic carbocycles. The highest BCUT2D eigenvalue weighted by Gasteiger charge is 2.40. The van der Waals surface area contributed by atoms with Crippen LogP contribution in [0.3, 0.4) is 0 Å². The number of hydrogen-bond donors (Lipinski definition) is 2. The number of ether oxygens (including phenoxy) is 1. The Balaban J connectivity index is 2.78. The van der Waals surface area contributed by atoms with E-state index in [9.17, 15) is 22.8 Å². The Morgan fingerprint density at radius 2 is 2.05 bits per heavy atom. The summed E-state index contributed by atoms with van der Waals surface area (Å²) in [5, 5.41) is 11.4. The highest BCUT2D eigenvalue weighted by Crippen LogP contribution is 2.21. The van der Waals surface area contributed by atoms with Gasteiger partial charge in [0.25, 0.3) is 0 Å². The van der Waals surface area contributed by atoms with Gasteiger partial charge in [-0.1, -0.05) is 0 Å². The fourth-order valence-corrected chi connectivity index (χ4v) is 1.91. The molecule has 1 fully saturated rings. The minimum absolute atomic E-state index is 0.0156. The van der Waals surface area contributed by atoms with Crippen LogP contribution in [0.1, 0.15) is 0 Å². The Hall–Kier alpha value is -1.35. The molecule has 1 aliphatic rings. The molecule has 2 N–H and O–H groups in total. The maximum Gasteiger partial charge on any atom is 0.406 e. The number of alkyl halides is 3. The third kappa shape index (κ3) is 4.67. The molecule has 1 amide bonds. The van der Waals surface area contributed by atoms with Crippen molar-refractivity contribution in [3.05, 3.63) is 0 Å². The molecule has 0 spiro atoms. The smallest absolute Gasteiger partial charge is 0.406 e. The van der Waals surface area contributed by atoms with Crippen LogP contribution in [0.4, 0.5) is 13.2 Å². The molecule has 1 saturated heterocycles. The SMILES string of the molecule is CNC1COCC1C(=O)N(CC(=O)O)CC(F)(F)F. The second-order valence-corrected chi connectivity index (χ2v) is 4.24. The third-order valence-electron chi connectivity index (χ3n) is 2.78. The van der Waals surface area contributed by atoms with Gasteiger partial charge < -0.3 is 20.1 Å². The molecule has 0 bridgehead atoms. The summed E-state index contributed by atoms with van der Waals surface area (Å²) in [4.78, 5) is 22.8. The molecule has 0 aromatic rings. The lowest BCUT2D eigenvalue weighted by atomic mass is 10.0. The number of carboxylic acids is 1. The Labute approximate surface area is 107 Å². The average molecular weight is 284 g/mol. The maximum absolute atomic E-state index is 12.3. The Kier molecular flexibility index (Phi) is 5.12. The number of hydrogen-bond acceptors (Lipinski definition) is 4. The van der Waals surface area contributed by atoms with E-state index in [1.165, 1.54) is 0 Å². The summed E-state index contributed by atoms with van der Waals surface area (Å²) in [6, 6.07) is -0.406. The van der Waals surface area contributed by atoms with Crippen LogP contribution in [0, 0.1) is 5.92 Å². The normalized spacial score (nSPS) is 23.4. The average Bonchev–Trinajstić information content (AvgIpc) is 2.72. The predicted octanol–water partition coefficient (Wildman–Crippen LogP) is -0.304. The zero-order valence-electron chi connectivity index (χ0n) is 10.2. The molecule has 2 atom stereocenters. The van der Waals surface area contributed by atoms with Crippen molar-refractivity contribution in [3.8, 4) is 0 Å². The largest absolute Gasteiger partial charge is 0.480 e. The van der Waals surface area contributed by atoms with Gasteiger partial charge in [0.15, 0.2) is 0 Å². The van der Waals surface area contributed by atoms with Gasteiger partial charge in [0.1, 0.15) is 13.1 Å². The number of amides is 1. The number of carbonyl (C=O) groups excluding carboxylic acids is 1. The van der Waals surface area contributed by atoms with Crippen LogP contribution in [0.15, 0.2) is 0 Å². The summed E-state index contributed by atoms with van der Waals surface area (Å²) in [6.07, 6.45) is -4.64. The first kappa shape index (κ1) is 15.7. The summed E-state index contributed by atoms with van der Waals surface area (Å²) < 4.78 is 42.1. The lowest BCUT2D eigenvalue weighted by molar-refractivity contribution is -0.168. The zero-order valence-corrected chi connectivity index (χ0v) is 10.2. The molecule has 6 nitrogen and oxygen atoms in total. The Morgan fingerprint density at radius 3 is 2.53 bits per heavy atom. The lowest BCUT2D eigenvalue weighted by Crippen LogP contribution is -2.49. The van der Waals surface area contributed by atoms with Gasteiger partial charge >= 0.3 is 12.1 Å². The van der Waals surface area contributed by atoms with E-state index in [2.05, 4.69) is 5.32 Å². The molecular weight excluding hydrogens is 269 g/mol. The van der Waals surface area contributed by atoms with Crippen molar-refractivity contribution >= 4 is 11.9 Å². The van der Waals surface area contributed by atoms with E-state index in [1.807, 2.05) is 0 Å². The fourth-order valence-electron chi connectivity index (χ4n) is 1.91. The zero-order chi connectivity index (χ0) is 14.6. The predicted molar refractivity (Wildman–Crippen MR) is 57.4 cm³/mol. The monoisotopic (exact) mass is 284 g/mol. The highest BCUT2D eigenvalue weighted by atomic mass is 19.4. The number of likely N-dealkylation sites (N-methyl/N-ethyl adjacent to an activating group) is 1. The Bertz CT molecular complexity index is 348. The molecule has 0 saturated carbocycles. The van der Waals surface area contributed by atoms with Crippen LogP contribution in [-0.4, -0.2) is 67.5 Å². The third-order valence-corrected chi connectivity index (χ3v) is 2.78. The Morgan fingerprint density at radius 1 is 1.42 bits per heavy atom. The number of halogens is 3. The van der Waals surface area contributed by atoms with Crippen molar-refractivity contribution in [2.75, 3.05) is 33.4 Å². The van der Waals surface area contributed by atoms with Crippen LogP contribution >= 0.6 is 0 Å². The van der Waals surface area contributed by atoms with E-state index in [0.717, 1.165) is 0 Å². The van der Waals surface area contributed by atoms with Crippen molar-refractivity contribution in [3.63, 3.8) is 0 Å². The topological polar surface area (TPSA) is 78.9 Å². The van der Waals surface area contributed by atoms with E-state index in [-0.39, 0.29) is 13.2 Å². The van der Waals surface area contributed by atoms with Gasteiger partial charge in [0, 0.05) is 6.04 Å². The summed E-state index contributed by atoms with van der Waals surface area (Å²) in [6.45, 7) is -2.37. The first-order chi connectivity index (χ1) is 8.74. The number of aliphatic carboxylic acids is 1. The number of nitrogens with zero attached hydrogens (tertiary/aromatic N) is 1. The maximum atomic E-state index is 12.3. The molecule has 0 radical (unpaired) electrons. The molecule has 2 unspecified atom stereocenters. The van der Waals surface area contributed by atoms with Crippen molar-refractivity contribution in [1.82, 2.24) is 10.2 Å². The molecule has 0 aromatic heterocycles. The number of rotatable bonds is 5. The number of nitrogens with one attached hydrogen (secondary N) is 1. The van der Waals surface area contributed by atoms with Gasteiger partial charge in [0.05, 0.1) is 19.1 Å². The summed E-state index contributed by atoms with van der Waals surface area (Å²) in [5.74, 6) is -3.15. The fraction of sp³-hybridized carbons (Fsp3) is 0.800. The van der Waals surface area contributed by atoms with E-state index in [1.54, 1.807) is 7.05 Å². The minimum Gasteiger partial charge on any atom is -0.480 e. The van der Waals surface area contributed by atoms with Gasteiger partial charge in [-0.05, 0) is 7.05 Å². The van der Waals surface area contributed by atoms with Crippen LogP contribution in [0.2, 0.25) is 0 Å². The molecule has 110 valence electrons. The van der Waals surface area contributed by atoms with Gasteiger partial charge in [-0.15, -0.1) is 0 Å². The van der Waals surface area contributed by atoms with Crippen molar-refractivity contribution < 1.29 is 32.6 Å². The second-order valence-electron chi connectivity index (χ2n) is 4.24. The van der Waals surface area contributed by atoms with Crippen molar-refractivity contribution in [2.24, 2.45) is 5.92 Å². The molecule has 1 heterocycles. The lowest BCUT2D eigenvalue weighted by Gasteiger charge is -2.26. The second kappa shape index (κ2) is 6.20. The molecule has 0 aliphatic carbocycles. The van der Waals surface area contributed by atoms with Crippen LogP contribution in [0.5, 0.6) is 0 Å². The highest BCUT2D eigenvalue weighted by molar-refractivity contribution is 5.84. The van der Waals surface area contributed by atoms with Crippen molar-refractivity contribution in [1.29, 1.82) is 0 Å². The van der Waals surface area contributed by atoms with Gasteiger partial charge in [-0.25, -0.2) is 0 Å². The van der Waals surface area contributed by atoms with Crippen LogP contribution in [-0.2, 0) is 14.3 Å². The molecule has 19 heavy (non-hydrogen) atoms. The van der Waals surface area contributed by atoms with Gasteiger partial charge in [-0.2, -0.15) is 13.2 Å². The van der Waals surface area contributed by atoms with Crippen LogP contribution in [0.25, 0.3) is 0 Å². The number of carbonyl (C=O) groups is 2. The minimum atomic E-state index is -4.64. The summed E-state index contributed by atoms with van der Waals surface area (Å²) in [7, 11) is 1.56. The standard InChI is InChI=1S/C10H15F3N2O4/c1-14-7-4-19-3-6(7)9(18)15(2-8(16)17)5-10(11,12)13/h6-7,14H,2-5H2,1H3,(H,16,17). The quantitative estimate of drug-likeness (QED) is 0.724. The molecule has 1 aliphatic heterocycles. The first-order valence-electron chi connectivity index (χ1n) is 5.57. The molecule has 1 rings (SSSR count). The molecular formula is C10H15F3N2O4. The van der Waals surface area contributed by atoms with E-state index >= 15 is 0 Å². The summed E-state index contributed by atoms with van der Waals surface area (Å²) >= 11 is 0. The van der Waals surface area contributed by atoms with Gasteiger partial charge in [0.2, 0.25) is 5.91 Å². The van der Waals surface area contributed by atoms with E-state index < -0.39 is 43.1 Å². The molecule has 9 heteroatoms. The van der Waals surface area contributed by atoms with E-state index in [4.69, 9.17) is 9.84 Å². The van der Waals surface area contributed by atoms with E-state index in [0.29, 0.717) is 4.90 Å².